The highest BCUT2D eigenvalue weighted by molar-refractivity contribution is 6.00. The molecular weight excluding hydrogens is 374 g/mol. The van der Waals surface area contributed by atoms with Crippen LogP contribution in [0.4, 0.5) is 0 Å². The van der Waals surface area contributed by atoms with Crippen molar-refractivity contribution in [1.82, 2.24) is 4.57 Å². The van der Waals surface area contributed by atoms with E-state index in [2.05, 4.69) is 4.57 Å². The van der Waals surface area contributed by atoms with E-state index in [0.29, 0.717) is 23.7 Å². The third kappa shape index (κ3) is 4.68. The molecule has 154 valence electrons. The molecule has 7 heteroatoms. The Morgan fingerprint density at radius 1 is 1.21 bits per heavy atom. The van der Waals surface area contributed by atoms with E-state index in [9.17, 15) is 9.59 Å². The molecule has 1 aromatic heterocycles. The molecule has 0 saturated heterocycles. The average molecular weight is 399 g/mol. The summed E-state index contributed by atoms with van der Waals surface area (Å²) in [4.78, 5) is 24.5. The van der Waals surface area contributed by atoms with Crippen LogP contribution in [-0.4, -0.2) is 43.4 Å². The van der Waals surface area contributed by atoms with E-state index in [0.717, 1.165) is 17.0 Å². The minimum atomic E-state index is -0.586. The van der Waals surface area contributed by atoms with Crippen molar-refractivity contribution in [1.29, 1.82) is 0 Å². The van der Waals surface area contributed by atoms with E-state index >= 15 is 0 Å². The number of rotatable bonds is 8. The Morgan fingerprint density at radius 2 is 1.97 bits per heavy atom. The second kappa shape index (κ2) is 8.96. The summed E-state index contributed by atoms with van der Waals surface area (Å²) < 4.78 is 22.9. The maximum Gasteiger partial charge on any atom is 0.331 e. The Kier molecular flexibility index (Phi) is 6.39. The molecule has 1 aliphatic rings. The number of nitrogens with zero attached hydrogens (tertiary/aromatic N) is 1. The van der Waals surface area contributed by atoms with Crippen LogP contribution in [0.15, 0.2) is 30.3 Å². The van der Waals surface area contributed by atoms with Gasteiger partial charge < -0.3 is 23.5 Å². The molecule has 2 heterocycles. The van der Waals surface area contributed by atoms with Gasteiger partial charge in [0, 0.05) is 30.1 Å². The van der Waals surface area contributed by atoms with Gasteiger partial charge in [0.05, 0.1) is 12.6 Å². The van der Waals surface area contributed by atoms with Crippen LogP contribution in [0.25, 0.3) is 6.08 Å². The molecule has 29 heavy (non-hydrogen) atoms. The van der Waals surface area contributed by atoms with E-state index in [1.54, 1.807) is 31.4 Å². The van der Waals surface area contributed by atoms with Crippen molar-refractivity contribution in [3.05, 3.63) is 52.9 Å². The normalized spacial score (nSPS) is 13.7. The first kappa shape index (κ1) is 20.7. The van der Waals surface area contributed by atoms with Gasteiger partial charge in [0.1, 0.15) is 0 Å². The van der Waals surface area contributed by atoms with Gasteiger partial charge in [-0.1, -0.05) is 6.07 Å². The zero-order valence-electron chi connectivity index (χ0n) is 17.1. The quantitative estimate of drug-likeness (QED) is 0.384. The Hall–Kier alpha value is -3.06. The number of carbonyl (C=O) groups excluding carboxylic acids is 2. The molecule has 2 aromatic rings. The fourth-order valence-corrected chi connectivity index (χ4v) is 3.50. The molecule has 0 bridgehead atoms. The molecule has 1 aliphatic heterocycles. The summed E-state index contributed by atoms with van der Waals surface area (Å²) in [6.07, 6.45) is 2.89. The zero-order valence-corrected chi connectivity index (χ0v) is 17.1. The zero-order chi connectivity index (χ0) is 21.0. The monoisotopic (exact) mass is 399 g/mol. The molecular formula is C22H25NO6. The van der Waals surface area contributed by atoms with E-state index in [1.807, 2.05) is 26.8 Å². The van der Waals surface area contributed by atoms with E-state index in [1.165, 1.54) is 6.08 Å². The first-order chi connectivity index (χ1) is 13.9. The highest BCUT2D eigenvalue weighted by Crippen LogP contribution is 2.32. The van der Waals surface area contributed by atoms with Gasteiger partial charge in [-0.25, -0.2) is 4.79 Å². The first-order valence-electron chi connectivity index (χ1n) is 9.35. The van der Waals surface area contributed by atoms with Crippen molar-refractivity contribution in [2.45, 2.75) is 26.8 Å². The number of hydrogen-bond acceptors (Lipinski definition) is 6. The highest BCUT2D eigenvalue weighted by atomic mass is 16.7. The molecule has 0 radical (unpaired) electrons. The average Bonchev–Trinajstić information content (AvgIpc) is 3.28. The maximum atomic E-state index is 12.5. The lowest BCUT2D eigenvalue weighted by Gasteiger charge is -2.17. The summed E-state index contributed by atoms with van der Waals surface area (Å²) in [5.74, 6) is 0.484. The Balaban J connectivity index is 1.59. The molecule has 7 nitrogen and oxygen atoms in total. The summed E-state index contributed by atoms with van der Waals surface area (Å²) in [7, 11) is 1.65. The molecule has 0 N–H and O–H groups in total. The van der Waals surface area contributed by atoms with Crippen LogP contribution in [0.3, 0.4) is 0 Å². The SMILES string of the molecule is COCC(C)n1c(C)cc(C(=O)COC(=O)/C=C/c2ccc3c(c2)OCO3)c1C. The van der Waals surface area contributed by atoms with Crippen LogP contribution in [-0.2, 0) is 14.3 Å². The van der Waals surface area contributed by atoms with Gasteiger partial charge in [-0.15, -0.1) is 0 Å². The summed E-state index contributed by atoms with van der Waals surface area (Å²) in [6.45, 7) is 6.27. The number of ketones is 1. The van der Waals surface area contributed by atoms with Gasteiger partial charge in [-0.3, -0.25) is 4.79 Å². The smallest absolute Gasteiger partial charge is 0.331 e. The molecule has 1 unspecified atom stereocenters. The van der Waals surface area contributed by atoms with E-state index < -0.39 is 5.97 Å². The number of esters is 1. The van der Waals surface area contributed by atoms with Gasteiger partial charge in [-0.05, 0) is 50.6 Å². The van der Waals surface area contributed by atoms with E-state index in [-0.39, 0.29) is 25.2 Å². The summed E-state index contributed by atoms with van der Waals surface area (Å²) in [6, 6.07) is 7.28. The number of hydrogen-bond donors (Lipinski definition) is 0. The lowest BCUT2D eigenvalue weighted by molar-refractivity contribution is -0.136. The summed E-state index contributed by atoms with van der Waals surface area (Å²) in [5, 5.41) is 0. The predicted molar refractivity (Wildman–Crippen MR) is 107 cm³/mol. The van der Waals surface area contributed by atoms with Gasteiger partial charge in [0.2, 0.25) is 12.6 Å². The Bertz CT molecular complexity index is 943. The standard InChI is InChI=1S/C22H25NO6/c1-14-9-18(16(3)23(14)15(2)11-26-4)19(24)12-27-22(25)8-6-17-5-7-20-21(10-17)29-13-28-20/h5-10,15H,11-13H2,1-4H3/b8-6+. The lowest BCUT2D eigenvalue weighted by Crippen LogP contribution is -2.16. The third-order valence-electron chi connectivity index (χ3n) is 4.79. The molecule has 0 amide bonds. The molecule has 0 aliphatic carbocycles. The minimum absolute atomic E-state index is 0.105. The van der Waals surface area contributed by atoms with Gasteiger partial charge in [-0.2, -0.15) is 0 Å². The summed E-state index contributed by atoms with van der Waals surface area (Å²) >= 11 is 0. The van der Waals surface area contributed by atoms with Crippen LogP contribution >= 0.6 is 0 Å². The van der Waals surface area contributed by atoms with Crippen molar-refractivity contribution in [2.24, 2.45) is 0 Å². The topological polar surface area (TPSA) is 76.0 Å². The van der Waals surface area contributed by atoms with Gasteiger partial charge in [0.25, 0.3) is 0 Å². The molecule has 3 rings (SSSR count). The fraction of sp³-hybridized carbons (Fsp3) is 0.364. The van der Waals surface area contributed by atoms with Crippen LogP contribution in [0, 0.1) is 13.8 Å². The summed E-state index contributed by atoms with van der Waals surface area (Å²) in [5.41, 5.74) is 3.12. The van der Waals surface area contributed by atoms with Crippen LogP contribution in [0.1, 0.15) is 40.3 Å². The number of benzene rings is 1. The second-order valence-corrected chi connectivity index (χ2v) is 6.94. The Labute approximate surface area is 169 Å². The van der Waals surface area contributed by atoms with Crippen LogP contribution in [0.2, 0.25) is 0 Å². The molecule has 0 fully saturated rings. The molecule has 0 spiro atoms. The molecule has 1 aromatic carbocycles. The predicted octanol–water partition coefficient (Wildman–Crippen LogP) is 3.48. The number of fused-ring (bicyclic) bond motifs is 1. The number of Topliss-reactive ketones (excluding diaryl/α,β-unsaturated/α-hetero) is 1. The second-order valence-electron chi connectivity index (χ2n) is 6.94. The number of ether oxygens (including phenoxy) is 4. The van der Waals surface area contributed by atoms with Crippen LogP contribution < -0.4 is 9.47 Å². The molecule has 1 atom stereocenters. The van der Waals surface area contributed by atoms with Crippen molar-refractivity contribution in [2.75, 3.05) is 27.1 Å². The number of aromatic nitrogens is 1. The van der Waals surface area contributed by atoms with Crippen molar-refractivity contribution >= 4 is 17.8 Å². The lowest BCUT2D eigenvalue weighted by atomic mass is 10.1. The Morgan fingerprint density at radius 3 is 2.72 bits per heavy atom. The number of methoxy groups -OCH3 is 1. The van der Waals surface area contributed by atoms with Crippen LogP contribution in [0.5, 0.6) is 11.5 Å². The fourth-order valence-electron chi connectivity index (χ4n) is 3.50. The van der Waals surface area contributed by atoms with Crippen molar-refractivity contribution in [3.63, 3.8) is 0 Å². The maximum absolute atomic E-state index is 12.5. The molecule has 0 saturated carbocycles. The third-order valence-corrected chi connectivity index (χ3v) is 4.79. The van der Waals surface area contributed by atoms with E-state index in [4.69, 9.17) is 18.9 Å². The van der Waals surface area contributed by atoms with Gasteiger partial charge >= 0.3 is 5.97 Å². The van der Waals surface area contributed by atoms with Crippen molar-refractivity contribution < 1.29 is 28.5 Å². The van der Waals surface area contributed by atoms with Gasteiger partial charge in [0.15, 0.2) is 18.1 Å². The van der Waals surface area contributed by atoms with Crippen molar-refractivity contribution in [3.8, 4) is 11.5 Å². The first-order valence-corrected chi connectivity index (χ1v) is 9.35. The largest absolute Gasteiger partial charge is 0.454 e. The number of aryl methyl sites for hydroxylation is 1. The highest BCUT2D eigenvalue weighted by Gasteiger charge is 2.19. The minimum Gasteiger partial charge on any atom is -0.454 e. The number of carbonyl (C=O) groups is 2.